The van der Waals surface area contributed by atoms with Gasteiger partial charge in [0.2, 0.25) is 0 Å². The van der Waals surface area contributed by atoms with E-state index < -0.39 is 0 Å². The van der Waals surface area contributed by atoms with Crippen LogP contribution in [0.3, 0.4) is 0 Å². The Kier molecular flexibility index (Phi) is 4.45. The molecule has 0 aliphatic carbocycles. The topological polar surface area (TPSA) is 24.5 Å². The Bertz CT molecular complexity index is 238. The van der Waals surface area contributed by atoms with Crippen molar-refractivity contribution in [2.24, 2.45) is 11.8 Å². The maximum absolute atomic E-state index is 5.33. The van der Waals surface area contributed by atoms with Crippen LogP contribution in [0.5, 0.6) is 0 Å². The Morgan fingerprint density at radius 2 is 2.00 bits per heavy atom. The highest BCUT2D eigenvalue weighted by atomic mass is 16.5. The second-order valence-corrected chi connectivity index (χ2v) is 6.11. The third kappa shape index (κ3) is 3.21. The van der Waals surface area contributed by atoms with E-state index in [1.54, 1.807) is 7.11 Å². The molecule has 2 unspecified atom stereocenters. The lowest BCUT2D eigenvalue weighted by Gasteiger charge is -2.34. The quantitative estimate of drug-likeness (QED) is 0.810. The van der Waals surface area contributed by atoms with Gasteiger partial charge in [-0.05, 0) is 64.2 Å². The van der Waals surface area contributed by atoms with Gasteiger partial charge in [0.25, 0.3) is 0 Å². The second kappa shape index (κ2) is 5.68. The van der Waals surface area contributed by atoms with Crippen LogP contribution in [0, 0.1) is 11.8 Å². The first-order valence-corrected chi connectivity index (χ1v) is 7.13. The molecule has 2 aliphatic heterocycles. The molecule has 2 fully saturated rings. The summed E-state index contributed by atoms with van der Waals surface area (Å²) in [6.45, 7) is 10.4. The van der Waals surface area contributed by atoms with Crippen molar-refractivity contribution in [3.05, 3.63) is 0 Å². The highest BCUT2D eigenvalue weighted by Crippen LogP contribution is 2.34. The van der Waals surface area contributed by atoms with Crippen molar-refractivity contribution >= 4 is 0 Å². The summed E-state index contributed by atoms with van der Waals surface area (Å²) < 4.78 is 5.33. The number of piperidine rings is 1. The van der Waals surface area contributed by atoms with Crippen molar-refractivity contribution in [3.8, 4) is 0 Å². The Hall–Kier alpha value is -0.120. The molecular weight excluding hydrogens is 212 g/mol. The fourth-order valence-corrected chi connectivity index (χ4v) is 3.60. The van der Waals surface area contributed by atoms with Crippen LogP contribution in [0.2, 0.25) is 0 Å². The number of likely N-dealkylation sites (tertiary alicyclic amines) is 1. The van der Waals surface area contributed by atoms with Crippen LogP contribution in [0.25, 0.3) is 0 Å². The molecule has 3 heteroatoms. The normalized spacial score (nSPS) is 36.5. The van der Waals surface area contributed by atoms with Gasteiger partial charge in [-0.15, -0.1) is 0 Å². The summed E-state index contributed by atoms with van der Waals surface area (Å²) in [5.41, 5.74) is 0.224. The van der Waals surface area contributed by atoms with Crippen LogP contribution >= 0.6 is 0 Å². The minimum absolute atomic E-state index is 0.224. The van der Waals surface area contributed by atoms with Gasteiger partial charge in [0, 0.05) is 12.6 Å². The molecular formula is C14H28N2O. The molecule has 100 valence electrons. The van der Waals surface area contributed by atoms with Crippen LogP contribution in [0.4, 0.5) is 0 Å². The Morgan fingerprint density at radius 3 is 2.59 bits per heavy atom. The van der Waals surface area contributed by atoms with E-state index in [9.17, 15) is 0 Å². The molecule has 0 aromatic rings. The highest BCUT2D eigenvalue weighted by molar-refractivity contribution is 4.96. The smallest absolute Gasteiger partial charge is 0.0641 e. The van der Waals surface area contributed by atoms with Crippen molar-refractivity contribution in [1.29, 1.82) is 0 Å². The van der Waals surface area contributed by atoms with Gasteiger partial charge in [-0.3, -0.25) is 0 Å². The Morgan fingerprint density at radius 1 is 1.29 bits per heavy atom. The zero-order chi connectivity index (χ0) is 12.3. The lowest BCUT2D eigenvalue weighted by molar-refractivity contribution is 0.119. The van der Waals surface area contributed by atoms with Crippen molar-refractivity contribution in [3.63, 3.8) is 0 Å². The molecule has 2 rings (SSSR count). The van der Waals surface area contributed by atoms with E-state index >= 15 is 0 Å². The molecule has 1 N–H and O–H groups in total. The predicted octanol–water partition coefficient (Wildman–Crippen LogP) is 1.73. The summed E-state index contributed by atoms with van der Waals surface area (Å²) >= 11 is 0. The molecule has 2 atom stereocenters. The third-order valence-corrected chi connectivity index (χ3v) is 4.71. The van der Waals surface area contributed by atoms with Gasteiger partial charge in [-0.25, -0.2) is 0 Å². The fraction of sp³-hybridized carbons (Fsp3) is 1.00. The van der Waals surface area contributed by atoms with Crippen molar-refractivity contribution < 1.29 is 4.74 Å². The summed E-state index contributed by atoms with van der Waals surface area (Å²) in [6, 6.07) is 0. The predicted molar refractivity (Wildman–Crippen MR) is 71.2 cm³/mol. The zero-order valence-electron chi connectivity index (χ0n) is 11.7. The number of methoxy groups -OCH3 is 1. The molecule has 0 amide bonds. The lowest BCUT2D eigenvalue weighted by atomic mass is 9.81. The van der Waals surface area contributed by atoms with Crippen molar-refractivity contribution in [1.82, 2.24) is 10.2 Å². The first-order chi connectivity index (χ1) is 8.17. The second-order valence-electron chi connectivity index (χ2n) is 6.11. The van der Waals surface area contributed by atoms with Crippen molar-refractivity contribution in [2.75, 3.05) is 39.9 Å². The maximum atomic E-state index is 5.33. The lowest BCUT2D eigenvalue weighted by Crippen LogP contribution is -2.40. The number of hydrogen-bond acceptors (Lipinski definition) is 3. The van der Waals surface area contributed by atoms with Gasteiger partial charge in [0.15, 0.2) is 0 Å². The molecule has 2 aliphatic rings. The summed E-state index contributed by atoms with van der Waals surface area (Å²) in [5, 5.41) is 3.67. The first kappa shape index (κ1) is 13.3. The van der Waals surface area contributed by atoms with E-state index in [0.717, 1.165) is 18.4 Å². The minimum atomic E-state index is 0.224. The summed E-state index contributed by atoms with van der Waals surface area (Å²) in [7, 11) is 1.81. The summed E-state index contributed by atoms with van der Waals surface area (Å²) in [4.78, 5) is 2.58. The average molecular weight is 240 g/mol. The van der Waals surface area contributed by atoms with E-state index in [4.69, 9.17) is 4.74 Å². The van der Waals surface area contributed by atoms with Gasteiger partial charge >= 0.3 is 0 Å². The first-order valence-electron chi connectivity index (χ1n) is 7.13. The standard InChI is InChI=1S/C14H28N2O/c1-4-16-7-5-12(6-8-16)13-9-14(2,11-17-3)15-10-13/h12-13,15H,4-11H2,1-3H3. The van der Waals surface area contributed by atoms with Gasteiger partial charge in [0.05, 0.1) is 6.61 Å². The Labute approximate surface area is 106 Å². The number of rotatable bonds is 4. The molecule has 2 heterocycles. The molecule has 0 aromatic heterocycles. The maximum Gasteiger partial charge on any atom is 0.0641 e. The van der Waals surface area contributed by atoms with Crippen LogP contribution < -0.4 is 5.32 Å². The van der Waals surface area contributed by atoms with E-state index in [-0.39, 0.29) is 5.54 Å². The molecule has 0 aromatic carbocycles. The molecule has 0 saturated carbocycles. The van der Waals surface area contributed by atoms with E-state index in [1.807, 2.05) is 0 Å². The van der Waals surface area contributed by atoms with Crippen molar-refractivity contribution in [2.45, 2.75) is 38.6 Å². The van der Waals surface area contributed by atoms with Crippen LogP contribution in [-0.2, 0) is 4.74 Å². The van der Waals surface area contributed by atoms with Gasteiger partial charge in [-0.1, -0.05) is 6.92 Å². The van der Waals surface area contributed by atoms with Crippen LogP contribution in [0.1, 0.15) is 33.1 Å². The third-order valence-electron chi connectivity index (χ3n) is 4.71. The molecule has 0 spiro atoms. The molecule has 17 heavy (non-hydrogen) atoms. The molecule has 2 saturated heterocycles. The largest absolute Gasteiger partial charge is 0.383 e. The number of hydrogen-bond donors (Lipinski definition) is 1. The van der Waals surface area contributed by atoms with E-state index in [2.05, 4.69) is 24.1 Å². The monoisotopic (exact) mass is 240 g/mol. The SMILES string of the molecule is CCN1CCC(C2CNC(C)(COC)C2)CC1. The molecule has 3 nitrogen and oxygen atoms in total. The molecule has 0 bridgehead atoms. The van der Waals surface area contributed by atoms with E-state index in [1.165, 1.54) is 45.4 Å². The van der Waals surface area contributed by atoms with Gasteiger partial charge in [-0.2, -0.15) is 0 Å². The highest BCUT2D eigenvalue weighted by Gasteiger charge is 2.38. The molecule has 0 radical (unpaired) electrons. The minimum Gasteiger partial charge on any atom is -0.383 e. The zero-order valence-corrected chi connectivity index (χ0v) is 11.7. The fourth-order valence-electron chi connectivity index (χ4n) is 3.60. The van der Waals surface area contributed by atoms with E-state index in [0.29, 0.717) is 0 Å². The Balaban J connectivity index is 1.81. The number of ether oxygens (including phenoxy) is 1. The average Bonchev–Trinajstić information content (AvgIpc) is 2.72. The number of nitrogens with zero attached hydrogens (tertiary/aromatic N) is 1. The van der Waals surface area contributed by atoms with Crippen LogP contribution in [-0.4, -0.2) is 50.3 Å². The van der Waals surface area contributed by atoms with Crippen LogP contribution in [0.15, 0.2) is 0 Å². The number of nitrogens with one attached hydrogen (secondary N) is 1. The van der Waals surface area contributed by atoms with Gasteiger partial charge < -0.3 is 15.0 Å². The summed E-state index contributed by atoms with van der Waals surface area (Å²) in [5.74, 6) is 1.80. The summed E-state index contributed by atoms with van der Waals surface area (Å²) in [6.07, 6.45) is 4.07. The van der Waals surface area contributed by atoms with Gasteiger partial charge in [0.1, 0.15) is 0 Å².